The lowest BCUT2D eigenvalue weighted by molar-refractivity contribution is -0.142. The predicted octanol–water partition coefficient (Wildman–Crippen LogP) is 2.48. The van der Waals surface area contributed by atoms with Crippen LogP contribution in [0.1, 0.15) is 36.3 Å². The molecule has 0 radical (unpaired) electrons. The number of aromatic nitrogens is 1. The van der Waals surface area contributed by atoms with Gasteiger partial charge in [0.05, 0.1) is 6.54 Å². The molecule has 0 unspecified atom stereocenters. The fourth-order valence-electron chi connectivity index (χ4n) is 5.37. The van der Waals surface area contributed by atoms with Crippen molar-refractivity contribution >= 4 is 28.6 Å². The fraction of sp³-hybridized carbons (Fsp3) is 0.379. The number of fused-ring (bicyclic) bond motifs is 1. The van der Waals surface area contributed by atoms with Crippen LogP contribution in [-0.4, -0.2) is 81.7 Å². The van der Waals surface area contributed by atoms with E-state index >= 15 is 0 Å². The van der Waals surface area contributed by atoms with Crippen molar-refractivity contribution in [1.29, 1.82) is 5.26 Å². The van der Waals surface area contributed by atoms with E-state index in [4.69, 9.17) is 4.74 Å². The van der Waals surface area contributed by atoms with Gasteiger partial charge in [0.1, 0.15) is 24.1 Å². The molecule has 0 saturated carbocycles. The first kappa shape index (κ1) is 26.1. The third-order valence-corrected chi connectivity index (χ3v) is 7.50. The number of carbonyl (C=O) groups excluding carboxylic acids is 3. The van der Waals surface area contributed by atoms with Gasteiger partial charge in [-0.2, -0.15) is 5.26 Å². The first-order valence-corrected chi connectivity index (χ1v) is 13.1. The zero-order valence-corrected chi connectivity index (χ0v) is 22.1. The molecule has 202 valence electrons. The Balaban J connectivity index is 1.27. The molecule has 2 N–H and O–H groups in total. The minimum absolute atomic E-state index is 0.0416. The minimum Gasteiger partial charge on any atom is -0.489 e. The monoisotopic (exact) mass is 528 g/mol. The Morgan fingerprint density at radius 2 is 1.90 bits per heavy atom. The number of likely N-dealkylation sites (tertiary alicyclic amines) is 1. The molecular formula is C29H32N6O4. The molecule has 10 heteroatoms. The van der Waals surface area contributed by atoms with Crippen molar-refractivity contribution in [1.82, 2.24) is 25.0 Å². The van der Waals surface area contributed by atoms with E-state index in [1.165, 1.54) is 11.8 Å². The number of ether oxygens (including phenoxy) is 1. The summed E-state index contributed by atoms with van der Waals surface area (Å²) in [6.45, 7) is 4.94. The highest BCUT2D eigenvalue weighted by Crippen LogP contribution is 2.24. The van der Waals surface area contributed by atoms with Crippen LogP contribution in [0.2, 0.25) is 0 Å². The molecule has 2 aromatic carbocycles. The molecule has 3 amide bonds. The van der Waals surface area contributed by atoms with E-state index in [0.29, 0.717) is 37.6 Å². The van der Waals surface area contributed by atoms with Gasteiger partial charge in [-0.15, -0.1) is 0 Å². The zero-order chi connectivity index (χ0) is 27.5. The zero-order valence-electron chi connectivity index (χ0n) is 22.1. The molecule has 2 aliphatic rings. The summed E-state index contributed by atoms with van der Waals surface area (Å²) in [6, 6.07) is 16.4. The number of nitrogens with zero attached hydrogens (tertiary/aromatic N) is 4. The van der Waals surface area contributed by atoms with Gasteiger partial charge in [0.25, 0.3) is 5.91 Å². The highest BCUT2D eigenvalue weighted by Gasteiger charge is 2.38. The Morgan fingerprint density at radius 1 is 1.10 bits per heavy atom. The van der Waals surface area contributed by atoms with Crippen LogP contribution in [0.25, 0.3) is 10.9 Å². The number of aromatic amines is 1. The third-order valence-electron chi connectivity index (χ3n) is 7.50. The number of H-pyrrole nitrogens is 1. The fourth-order valence-corrected chi connectivity index (χ4v) is 5.37. The van der Waals surface area contributed by atoms with Crippen molar-refractivity contribution in [2.45, 2.75) is 45.0 Å². The van der Waals surface area contributed by atoms with Crippen LogP contribution in [0.15, 0.2) is 54.6 Å². The smallest absolute Gasteiger partial charge is 0.270 e. The summed E-state index contributed by atoms with van der Waals surface area (Å²) >= 11 is 0. The number of nitrogens with one attached hydrogen (secondary N) is 2. The van der Waals surface area contributed by atoms with Crippen molar-refractivity contribution in [2.75, 3.05) is 26.2 Å². The molecule has 2 saturated heterocycles. The van der Waals surface area contributed by atoms with Crippen LogP contribution in [-0.2, 0) is 16.2 Å². The average Bonchev–Trinajstić information content (AvgIpc) is 3.53. The highest BCUT2D eigenvalue weighted by atomic mass is 16.5. The van der Waals surface area contributed by atoms with Crippen LogP contribution < -0.4 is 10.1 Å². The van der Waals surface area contributed by atoms with E-state index < -0.39 is 6.04 Å². The van der Waals surface area contributed by atoms with E-state index in [2.05, 4.69) is 16.5 Å². The second kappa shape index (κ2) is 11.1. The molecule has 3 atom stereocenters. The topological polar surface area (TPSA) is 122 Å². The summed E-state index contributed by atoms with van der Waals surface area (Å²) in [4.78, 5) is 47.0. The maximum atomic E-state index is 13.5. The first-order valence-electron chi connectivity index (χ1n) is 13.1. The largest absolute Gasteiger partial charge is 0.489 e. The standard InChI is InChI=1S/C29H32N6O4/c1-19-12-23(15-34(19)18-30)31-28(37)27-16-33(10-11-35(27)20(2)36)29(38)26-14-22-13-24(8-9-25(22)32-26)39-17-21-6-4-3-5-7-21/h3-9,13-14,19,23,27,32H,10-12,15-17H2,1-2H3,(H,31,37)/t19-,23+,27-/m1/s1. The van der Waals surface area contributed by atoms with Crippen LogP contribution in [0, 0.1) is 11.5 Å². The molecule has 5 rings (SSSR count). The van der Waals surface area contributed by atoms with Crippen LogP contribution in [0.3, 0.4) is 0 Å². The number of amides is 3. The van der Waals surface area contributed by atoms with Gasteiger partial charge in [-0.25, -0.2) is 0 Å². The quantitative estimate of drug-likeness (QED) is 0.474. The minimum atomic E-state index is -0.797. The molecule has 2 aliphatic heterocycles. The average molecular weight is 529 g/mol. The number of benzene rings is 2. The summed E-state index contributed by atoms with van der Waals surface area (Å²) in [5.41, 5.74) is 2.28. The SMILES string of the molecule is CC(=O)N1CCN(C(=O)c2cc3cc(OCc4ccccc4)ccc3[nH]2)C[C@@H]1C(=O)N[C@H]1C[C@@H](C)N(C#N)C1. The lowest BCUT2D eigenvalue weighted by Crippen LogP contribution is -2.62. The summed E-state index contributed by atoms with van der Waals surface area (Å²) in [7, 11) is 0. The molecule has 1 aromatic heterocycles. The van der Waals surface area contributed by atoms with Gasteiger partial charge in [0.15, 0.2) is 6.19 Å². The Hall–Kier alpha value is -4.52. The van der Waals surface area contributed by atoms with Gasteiger partial charge in [-0.05, 0) is 43.2 Å². The molecule has 2 fully saturated rings. The van der Waals surface area contributed by atoms with E-state index in [9.17, 15) is 19.6 Å². The number of carbonyl (C=O) groups is 3. The van der Waals surface area contributed by atoms with Crippen LogP contribution in [0.4, 0.5) is 0 Å². The van der Waals surface area contributed by atoms with Crippen molar-refractivity contribution in [3.05, 3.63) is 65.9 Å². The third kappa shape index (κ3) is 5.67. The Bertz CT molecular complexity index is 1410. The maximum absolute atomic E-state index is 13.5. The number of nitriles is 1. The van der Waals surface area contributed by atoms with E-state index in [-0.39, 0.29) is 42.9 Å². The van der Waals surface area contributed by atoms with E-state index in [1.54, 1.807) is 15.9 Å². The van der Waals surface area contributed by atoms with E-state index in [1.807, 2.05) is 55.5 Å². The summed E-state index contributed by atoms with van der Waals surface area (Å²) in [5, 5.41) is 13.1. The summed E-state index contributed by atoms with van der Waals surface area (Å²) < 4.78 is 5.92. The van der Waals surface area contributed by atoms with Crippen LogP contribution in [0.5, 0.6) is 5.75 Å². The molecule has 3 heterocycles. The number of hydrogen-bond donors (Lipinski definition) is 2. The van der Waals surface area contributed by atoms with Gasteiger partial charge < -0.3 is 29.7 Å². The van der Waals surface area contributed by atoms with Gasteiger partial charge in [0, 0.05) is 49.5 Å². The predicted molar refractivity (Wildman–Crippen MR) is 144 cm³/mol. The van der Waals surface area contributed by atoms with Crippen molar-refractivity contribution in [3.8, 4) is 11.9 Å². The van der Waals surface area contributed by atoms with Gasteiger partial charge in [-0.1, -0.05) is 30.3 Å². The van der Waals surface area contributed by atoms with Gasteiger partial charge in [0.2, 0.25) is 11.8 Å². The molecule has 0 bridgehead atoms. The molecule has 0 aliphatic carbocycles. The first-order chi connectivity index (χ1) is 18.8. The Morgan fingerprint density at radius 3 is 2.62 bits per heavy atom. The molecule has 39 heavy (non-hydrogen) atoms. The van der Waals surface area contributed by atoms with E-state index in [0.717, 1.165) is 16.5 Å². The molecule has 10 nitrogen and oxygen atoms in total. The van der Waals surface area contributed by atoms with Gasteiger partial charge >= 0.3 is 0 Å². The van der Waals surface area contributed by atoms with Crippen LogP contribution >= 0.6 is 0 Å². The highest BCUT2D eigenvalue weighted by molar-refractivity contribution is 5.99. The van der Waals surface area contributed by atoms with Gasteiger partial charge in [-0.3, -0.25) is 14.4 Å². The normalized spacial score (nSPS) is 21.1. The second-order valence-corrected chi connectivity index (χ2v) is 10.2. The second-order valence-electron chi connectivity index (χ2n) is 10.2. The summed E-state index contributed by atoms with van der Waals surface area (Å²) in [6.07, 6.45) is 2.80. The van der Waals surface area contributed by atoms with Crippen molar-refractivity contribution < 1.29 is 19.1 Å². The summed E-state index contributed by atoms with van der Waals surface area (Å²) in [5.74, 6) is -0.0534. The number of hydrogen-bond acceptors (Lipinski definition) is 6. The lowest BCUT2D eigenvalue weighted by atomic mass is 10.1. The van der Waals surface area contributed by atoms with Crippen molar-refractivity contribution in [2.24, 2.45) is 0 Å². The Kier molecular flexibility index (Phi) is 7.41. The van der Waals surface area contributed by atoms with Crippen molar-refractivity contribution in [3.63, 3.8) is 0 Å². The Labute approximate surface area is 227 Å². The number of rotatable bonds is 6. The molecule has 0 spiro atoms. The molecule has 3 aromatic rings. The lowest BCUT2D eigenvalue weighted by Gasteiger charge is -2.40. The maximum Gasteiger partial charge on any atom is 0.270 e. The molecular weight excluding hydrogens is 496 g/mol. The number of piperazine rings is 1.